The van der Waals surface area contributed by atoms with Crippen LogP contribution in [0.25, 0.3) is 22.1 Å². The molecule has 0 spiro atoms. The zero-order valence-corrected chi connectivity index (χ0v) is 17.8. The third kappa shape index (κ3) is 4.05. The van der Waals surface area contributed by atoms with E-state index in [2.05, 4.69) is 7.05 Å². The Morgan fingerprint density at radius 1 is 1.09 bits per heavy atom. The normalized spacial score (nSPS) is 19.3. The highest BCUT2D eigenvalue weighted by molar-refractivity contribution is 5.87. The highest BCUT2D eigenvalue weighted by atomic mass is 19.4. The van der Waals surface area contributed by atoms with Gasteiger partial charge in [0.05, 0.1) is 30.7 Å². The van der Waals surface area contributed by atoms with Crippen LogP contribution in [0.5, 0.6) is 11.5 Å². The van der Waals surface area contributed by atoms with Crippen LogP contribution in [-0.4, -0.2) is 45.4 Å². The lowest BCUT2D eigenvalue weighted by Crippen LogP contribution is -3.26. The molecule has 0 radical (unpaired) electrons. The van der Waals surface area contributed by atoms with E-state index in [1.54, 1.807) is 6.07 Å². The number of hydrogen-bond acceptors (Lipinski definition) is 4. The lowest BCUT2D eigenvalue weighted by Gasteiger charge is -2.27. The lowest BCUT2D eigenvalue weighted by molar-refractivity contribution is -1.01. The first-order chi connectivity index (χ1) is 15.2. The molecule has 170 valence electrons. The number of benzene rings is 2. The van der Waals surface area contributed by atoms with Crippen molar-refractivity contribution >= 4 is 11.0 Å². The van der Waals surface area contributed by atoms with E-state index in [1.807, 2.05) is 0 Å². The summed E-state index contributed by atoms with van der Waals surface area (Å²) in [5, 5.41) is 10.5. The van der Waals surface area contributed by atoms with Gasteiger partial charge in [-0.05, 0) is 18.2 Å². The number of alkyl halides is 3. The quantitative estimate of drug-likeness (QED) is 0.557. The number of quaternary nitrogens is 2. The van der Waals surface area contributed by atoms with Gasteiger partial charge in [-0.3, -0.25) is 4.79 Å². The summed E-state index contributed by atoms with van der Waals surface area (Å²) in [5.74, 6) is -1.45. The summed E-state index contributed by atoms with van der Waals surface area (Å²) in [6.07, 6.45) is -4.92. The highest BCUT2D eigenvalue weighted by Crippen LogP contribution is 2.41. The molecule has 0 aliphatic carbocycles. The summed E-state index contributed by atoms with van der Waals surface area (Å²) < 4.78 is 52.8. The van der Waals surface area contributed by atoms with E-state index in [9.17, 15) is 23.1 Å². The van der Waals surface area contributed by atoms with Gasteiger partial charge in [0, 0.05) is 5.56 Å². The molecule has 0 saturated carbocycles. The van der Waals surface area contributed by atoms with Crippen molar-refractivity contribution in [2.24, 2.45) is 0 Å². The number of phenolic OH excluding ortho intramolecular Hbond substituents is 1. The average molecular weight is 450 g/mol. The van der Waals surface area contributed by atoms with Gasteiger partial charge < -0.3 is 24.1 Å². The summed E-state index contributed by atoms with van der Waals surface area (Å²) in [6.45, 7) is 3.70. The fraction of sp³-hybridized carbons (Fsp3) is 0.348. The molecule has 1 saturated heterocycles. The molecule has 32 heavy (non-hydrogen) atoms. The maximum absolute atomic E-state index is 14.1. The molecule has 3 N–H and O–H groups in total. The second-order valence-corrected chi connectivity index (χ2v) is 8.16. The van der Waals surface area contributed by atoms with Crippen molar-refractivity contribution in [3.8, 4) is 22.6 Å². The van der Waals surface area contributed by atoms with Crippen LogP contribution in [-0.2, 0) is 12.7 Å². The molecule has 6 nitrogen and oxygen atoms in total. The van der Waals surface area contributed by atoms with E-state index in [0.29, 0.717) is 0 Å². The number of halogens is 3. The smallest absolute Gasteiger partial charge is 0.450 e. The number of likely N-dealkylation sites (N-methyl/N-ethyl adjacent to an activating group) is 1. The molecule has 0 unspecified atom stereocenters. The molecule has 2 heterocycles. The number of fused-ring (bicyclic) bond motifs is 1. The number of rotatable bonds is 4. The number of nitrogens with one attached hydrogen (secondary N) is 2. The van der Waals surface area contributed by atoms with Crippen LogP contribution in [0.1, 0.15) is 11.3 Å². The first kappa shape index (κ1) is 22.2. The van der Waals surface area contributed by atoms with Gasteiger partial charge in [0.2, 0.25) is 11.2 Å². The van der Waals surface area contributed by atoms with Crippen LogP contribution in [0, 0.1) is 0 Å². The summed E-state index contributed by atoms with van der Waals surface area (Å²) in [4.78, 5) is 15.8. The summed E-state index contributed by atoms with van der Waals surface area (Å²) in [5.41, 5.74) is -1.43. The molecular weight excluding hydrogens is 425 g/mol. The second kappa shape index (κ2) is 8.48. The van der Waals surface area contributed by atoms with Gasteiger partial charge in [-0.15, -0.1) is 0 Å². The number of aromatic hydroxyl groups is 1. The standard InChI is InChI=1S/C23H23F3N2O4/c1-27-9-11-28(12-10-27)13-16-17(29)8-7-15-20(30)19(14-5-3-4-6-18(14)31-2)22(23(24,25)26)32-21(15)16/h3-8,29H,9-13H2,1-2H3/p+2. The number of phenols is 1. The predicted octanol–water partition coefficient (Wildman–Crippen LogP) is 1.11. The maximum Gasteiger partial charge on any atom is 0.450 e. The molecule has 1 aliphatic rings. The summed E-state index contributed by atoms with van der Waals surface area (Å²) in [6, 6.07) is 8.67. The fourth-order valence-electron chi connectivity index (χ4n) is 4.23. The minimum Gasteiger partial charge on any atom is -0.507 e. The number of ether oxygens (including phenoxy) is 1. The van der Waals surface area contributed by atoms with Crippen LogP contribution in [0.4, 0.5) is 13.2 Å². The van der Waals surface area contributed by atoms with Crippen molar-refractivity contribution in [1.82, 2.24) is 0 Å². The molecule has 2 aromatic carbocycles. The maximum atomic E-state index is 14.1. The van der Waals surface area contributed by atoms with Crippen LogP contribution >= 0.6 is 0 Å². The number of methoxy groups -OCH3 is 1. The second-order valence-electron chi connectivity index (χ2n) is 8.16. The largest absolute Gasteiger partial charge is 0.507 e. The Hall–Kier alpha value is -3.04. The summed E-state index contributed by atoms with van der Waals surface area (Å²) >= 11 is 0. The fourth-order valence-corrected chi connectivity index (χ4v) is 4.23. The van der Waals surface area contributed by atoms with Crippen molar-refractivity contribution in [2.75, 3.05) is 40.3 Å². The topological polar surface area (TPSA) is 68.6 Å². The Kier molecular flexibility index (Phi) is 5.87. The Balaban J connectivity index is 1.95. The van der Waals surface area contributed by atoms with Crippen LogP contribution < -0.4 is 20.0 Å². The van der Waals surface area contributed by atoms with Crippen LogP contribution in [0.3, 0.4) is 0 Å². The third-order valence-electron chi connectivity index (χ3n) is 6.01. The van der Waals surface area contributed by atoms with Crippen molar-refractivity contribution in [1.29, 1.82) is 0 Å². The molecule has 0 atom stereocenters. The third-order valence-corrected chi connectivity index (χ3v) is 6.01. The molecule has 1 aromatic heterocycles. The van der Waals surface area contributed by atoms with Crippen molar-refractivity contribution < 1.29 is 37.2 Å². The molecule has 1 fully saturated rings. The zero-order chi connectivity index (χ0) is 23.0. The Labute approximate surface area is 182 Å². The highest BCUT2D eigenvalue weighted by Gasteiger charge is 2.40. The number of hydrogen-bond donors (Lipinski definition) is 3. The molecule has 0 bridgehead atoms. The number of piperazine rings is 1. The van der Waals surface area contributed by atoms with Gasteiger partial charge in [0.25, 0.3) is 0 Å². The lowest BCUT2D eigenvalue weighted by atomic mass is 9.99. The molecule has 1 aliphatic heterocycles. The average Bonchev–Trinajstić information content (AvgIpc) is 2.76. The number of para-hydroxylation sites is 1. The van der Waals surface area contributed by atoms with E-state index in [0.717, 1.165) is 31.1 Å². The first-order valence-corrected chi connectivity index (χ1v) is 10.4. The molecule has 9 heteroatoms. The van der Waals surface area contributed by atoms with Gasteiger partial charge in [-0.25, -0.2) is 0 Å². The van der Waals surface area contributed by atoms with Crippen molar-refractivity contribution in [2.45, 2.75) is 12.7 Å². The predicted molar refractivity (Wildman–Crippen MR) is 112 cm³/mol. The van der Waals surface area contributed by atoms with E-state index in [1.165, 1.54) is 42.3 Å². The van der Waals surface area contributed by atoms with Crippen LogP contribution in [0.2, 0.25) is 0 Å². The van der Waals surface area contributed by atoms with Gasteiger partial charge >= 0.3 is 6.18 Å². The first-order valence-electron chi connectivity index (χ1n) is 10.4. The summed E-state index contributed by atoms with van der Waals surface area (Å²) in [7, 11) is 3.41. The van der Waals surface area contributed by atoms with E-state index in [4.69, 9.17) is 9.15 Å². The molecule has 4 rings (SSSR count). The van der Waals surface area contributed by atoms with E-state index >= 15 is 0 Å². The molecule has 0 amide bonds. The monoisotopic (exact) mass is 450 g/mol. The van der Waals surface area contributed by atoms with E-state index in [-0.39, 0.29) is 40.1 Å². The van der Waals surface area contributed by atoms with Crippen molar-refractivity contribution in [3.63, 3.8) is 0 Å². The Morgan fingerprint density at radius 2 is 1.78 bits per heavy atom. The van der Waals surface area contributed by atoms with Gasteiger partial charge in [-0.1, -0.05) is 18.2 Å². The van der Waals surface area contributed by atoms with Gasteiger partial charge in [0.15, 0.2) is 5.58 Å². The molecule has 3 aromatic rings. The SMILES string of the molecule is COc1ccccc1-c1c(C(F)(F)F)oc2c(C[NH+]3CC[NH+](C)CC3)c(O)ccc2c1=O. The van der Waals surface area contributed by atoms with Gasteiger partial charge in [-0.2, -0.15) is 13.2 Å². The van der Waals surface area contributed by atoms with E-state index < -0.39 is 22.9 Å². The van der Waals surface area contributed by atoms with Crippen molar-refractivity contribution in [3.05, 3.63) is 57.9 Å². The zero-order valence-electron chi connectivity index (χ0n) is 17.8. The minimum absolute atomic E-state index is 0.000248. The van der Waals surface area contributed by atoms with Crippen LogP contribution in [0.15, 0.2) is 45.6 Å². The minimum atomic E-state index is -4.92. The Morgan fingerprint density at radius 3 is 2.44 bits per heavy atom. The molecular formula is C23H25F3N2O4+2. The van der Waals surface area contributed by atoms with Gasteiger partial charge in [0.1, 0.15) is 44.2 Å². The Bertz CT molecular complexity index is 1200.